The molecule has 82 valence electrons. The fourth-order valence-electron chi connectivity index (χ4n) is 1.21. The third-order valence-electron chi connectivity index (χ3n) is 1.90. The minimum atomic E-state index is -0.443. The lowest BCUT2D eigenvalue weighted by Crippen LogP contribution is -2.06. The molecule has 0 atom stereocenters. The summed E-state index contributed by atoms with van der Waals surface area (Å²) in [4.78, 5) is 10.2. The van der Waals surface area contributed by atoms with Crippen molar-refractivity contribution in [3.63, 3.8) is 0 Å². The summed E-state index contributed by atoms with van der Waals surface area (Å²) in [6.45, 7) is 0.437. The maximum atomic E-state index is 10.6. The van der Waals surface area contributed by atoms with Gasteiger partial charge in [-0.15, -0.1) is 0 Å². The largest absolute Gasteiger partial charge is 0.395 e. The zero-order valence-electron chi connectivity index (χ0n) is 8.36. The molecule has 0 saturated carbocycles. The Hall–Kier alpha value is -1.82. The lowest BCUT2D eigenvalue weighted by atomic mass is 10.2. The highest BCUT2D eigenvalue weighted by Crippen LogP contribution is 2.26. The maximum absolute atomic E-state index is 10.6. The summed E-state index contributed by atoms with van der Waals surface area (Å²) >= 11 is 0. The van der Waals surface area contributed by atoms with Gasteiger partial charge in [-0.2, -0.15) is 0 Å². The molecule has 0 unspecified atom stereocenters. The van der Waals surface area contributed by atoms with Crippen molar-refractivity contribution in [1.29, 1.82) is 0 Å². The summed E-state index contributed by atoms with van der Waals surface area (Å²) in [6, 6.07) is 4.66. The van der Waals surface area contributed by atoms with E-state index in [-0.39, 0.29) is 12.3 Å². The van der Waals surface area contributed by atoms with Gasteiger partial charge in [0, 0.05) is 25.3 Å². The van der Waals surface area contributed by atoms with Crippen LogP contribution in [-0.4, -0.2) is 30.2 Å². The van der Waals surface area contributed by atoms with Gasteiger partial charge in [0.25, 0.3) is 5.69 Å². The van der Waals surface area contributed by atoms with Crippen molar-refractivity contribution in [2.75, 3.05) is 30.8 Å². The van der Waals surface area contributed by atoms with Crippen LogP contribution in [0.25, 0.3) is 0 Å². The Morgan fingerprint density at radius 3 is 2.80 bits per heavy atom. The monoisotopic (exact) mass is 211 g/mol. The Morgan fingerprint density at radius 1 is 1.53 bits per heavy atom. The van der Waals surface area contributed by atoms with Gasteiger partial charge in [-0.25, -0.2) is 0 Å². The molecule has 0 aliphatic rings. The predicted molar refractivity (Wildman–Crippen MR) is 58.2 cm³/mol. The van der Waals surface area contributed by atoms with Crippen LogP contribution in [0.2, 0.25) is 0 Å². The molecule has 0 fully saturated rings. The van der Waals surface area contributed by atoms with Crippen molar-refractivity contribution < 1.29 is 10.0 Å². The zero-order valence-corrected chi connectivity index (χ0v) is 8.36. The van der Waals surface area contributed by atoms with E-state index in [9.17, 15) is 10.1 Å². The average Bonchev–Trinajstić information content (AvgIpc) is 2.25. The molecule has 0 bridgehead atoms. The Morgan fingerprint density at radius 2 is 2.27 bits per heavy atom. The van der Waals surface area contributed by atoms with Crippen molar-refractivity contribution in [3.05, 3.63) is 28.3 Å². The SMILES string of the molecule is CNc1cc(NCCO)ccc1[N+](=O)[O-]. The van der Waals surface area contributed by atoms with Crippen LogP contribution in [0.4, 0.5) is 17.1 Å². The van der Waals surface area contributed by atoms with Crippen LogP contribution in [0.5, 0.6) is 0 Å². The molecule has 1 aromatic carbocycles. The summed E-state index contributed by atoms with van der Waals surface area (Å²) in [5, 5.41) is 24.9. The number of aliphatic hydroxyl groups excluding tert-OH is 1. The first-order valence-corrected chi connectivity index (χ1v) is 4.50. The molecule has 15 heavy (non-hydrogen) atoms. The smallest absolute Gasteiger partial charge is 0.292 e. The van der Waals surface area contributed by atoms with E-state index in [0.29, 0.717) is 12.2 Å². The number of hydrogen-bond donors (Lipinski definition) is 3. The molecule has 1 rings (SSSR count). The lowest BCUT2D eigenvalue weighted by molar-refractivity contribution is -0.383. The Bertz CT molecular complexity index is 354. The fraction of sp³-hybridized carbons (Fsp3) is 0.333. The number of hydrogen-bond acceptors (Lipinski definition) is 5. The highest BCUT2D eigenvalue weighted by atomic mass is 16.6. The van der Waals surface area contributed by atoms with Crippen LogP contribution >= 0.6 is 0 Å². The molecule has 0 radical (unpaired) electrons. The van der Waals surface area contributed by atoms with Crippen LogP contribution in [0, 0.1) is 10.1 Å². The van der Waals surface area contributed by atoms with E-state index in [0.717, 1.165) is 5.69 Å². The second-order valence-corrected chi connectivity index (χ2v) is 2.89. The molecule has 0 amide bonds. The molecule has 0 aliphatic carbocycles. The van der Waals surface area contributed by atoms with Crippen molar-refractivity contribution in [3.8, 4) is 0 Å². The summed E-state index contributed by atoms with van der Waals surface area (Å²) in [5.41, 5.74) is 1.22. The number of aliphatic hydroxyl groups is 1. The van der Waals surface area contributed by atoms with E-state index < -0.39 is 4.92 Å². The highest BCUT2D eigenvalue weighted by molar-refractivity contribution is 5.68. The molecule has 0 heterocycles. The molecular weight excluding hydrogens is 198 g/mol. The average molecular weight is 211 g/mol. The second kappa shape index (κ2) is 5.16. The Labute approximate surface area is 87.1 Å². The minimum Gasteiger partial charge on any atom is -0.395 e. The molecule has 0 saturated heterocycles. The van der Waals surface area contributed by atoms with Gasteiger partial charge in [0.15, 0.2) is 0 Å². The molecule has 3 N–H and O–H groups in total. The van der Waals surface area contributed by atoms with E-state index in [4.69, 9.17) is 5.11 Å². The van der Waals surface area contributed by atoms with Gasteiger partial charge in [-0.05, 0) is 12.1 Å². The van der Waals surface area contributed by atoms with Gasteiger partial charge in [-0.3, -0.25) is 10.1 Å². The molecular formula is C9H13N3O3. The number of rotatable bonds is 5. The summed E-state index contributed by atoms with van der Waals surface area (Å²) < 4.78 is 0. The van der Waals surface area contributed by atoms with Gasteiger partial charge in [-0.1, -0.05) is 0 Å². The second-order valence-electron chi connectivity index (χ2n) is 2.89. The van der Waals surface area contributed by atoms with Crippen LogP contribution in [0.15, 0.2) is 18.2 Å². The number of nitro benzene ring substituents is 1. The number of benzene rings is 1. The topological polar surface area (TPSA) is 87.4 Å². The third-order valence-corrected chi connectivity index (χ3v) is 1.90. The Balaban J connectivity index is 2.92. The van der Waals surface area contributed by atoms with Gasteiger partial charge in [0.1, 0.15) is 5.69 Å². The highest BCUT2D eigenvalue weighted by Gasteiger charge is 2.12. The fourth-order valence-corrected chi connectivity index (χ4v) is 1.21. The Kier molecular flexibility index (Phi) is 3.87. The summed E-state index contributed by atoms with van der Waals surface area (Å²) in [6.07, 6.45) is 0. The number of nitro groups is 1. The number of nitrogens with one attached hydrogen (secondary N) is 2. The normalized spacial score (nSPS) is 9.73. The zero-order chi connectivity index (χ0) is 11.3. The van der Waals surface area contributed by atoms with Crippen LogP contribution in [0.1, 0.15) is 0 Å². The molecule has 6 nitrogen and oxygen atoms in total. The van der Waals surface area contributed by atoms with E-state index in [1.165, 1.54) is 6.07 Å². The van der Waals surface area contributed by atoms with Crippen LogP contribution in [-0.2, 0) is 0 Å². The molecule has 6 heteroatoms. The first-order valence-electron chi connectivity index (χ1n) is 4.50. The quantitative estimate of drug-likeness (QED) is 0.500. The van der Waals surface area contributed by atoms with Crippen molar-refractivity contribution >= 4 is 17.1 Å². The van der Waals surface area contributed by atoms with Crippen molar-refractivity contribution in [2.24, 2.45) is 0 Å². The van der Waals surface area contributed by atoms with Gasteiger partial charge in [0.05, 0.1) is 11.5 Å². The van der Waals surface area contributed by atoms with Crippen molar-refractivity contribution in [2.45, 2.75) is 0 Å². The maximum Gasteiger partial charge on any atom is 0.292 e. The van der Waals surface area contributed by atoms with E-state index >= 15 is 0 Å². The number of nitrogens with zero attached hydrogens (tertiary/aromatic N) is 1. The number of anilines is 2. The van der Waals surface area contributed by atoms with E-state index in [2.05, 4.69) is 10.6 Å². The van der Waals surface area contributed by atoms with Crippen molar-refractivity contribution in [1.82, 2.24) is 0 Å². The first kappa shape index (κ1) is 11.3. The van der Waals surface area contributed by atoms with Gasteiger partial charge in [0.2, 0.25) is 0 Å². The van der Waals surface area contributed by atoms with Gasteiger partial charge >= 0.3 is 0 Å². The van der Waals surface area contributed by atoms with Crippen LogP contribution in [0.3, 0.4) is 0 Å². The predicted octanol–water partition coefficient (Wildman–Crippen LogP) is 1.04. The lowest BCUT2D eigenvalue weighted by Gasteiger charge is -2.07. The molecule has 0 aliphatic heterocycles. The van der Waals surface area contributed by atoms with E-state index in [1.54, 1.807) is 19.2 Å². The molecule has 0 aromatic heterocycles. The van der Waals surface area contributed by atoms with Crippen LogP contribution < -0.4 is 10.6 Å². The third kappa shape index (κ3) is 2.81. The molecule has 0 spiro atoms. The molecule has 1 aromatic rings. The first-order chi connectivity index (χ1) is 7.19. The van der Waals surface area contributed by atoms with Gasteiger partial charge < -0.3 is 15.7 Å². The standard InChI is InChI=1S/C9H13N3O3/c1-10-8-6-7(11-4-5-13)2-3-9(8)12(14)15/h2-3,6,10-11,13H,4-5H2,1H3. The van der Waals surface area contributed by atoms with E-state index in [1.807, 2.05) is 0 Å². The summed E-state index contributed by atoms with van der Waals surface area (Å²) in [5.74, 6) is 0. The minimum absolute atomic E-state index is 0.0197. The summed E-state index contributed by atoms with van der Waals surface area (Å²) in [7, 11) is 1.62.